The van der Waals surface area contributed by atoms with Crippen LogP contribution in [0.25, 0.3) is 0 Å². The van der Waals surface area contributed by atoms with E-state index in [0.717, 1.165) is 0 Å². The van der Waals surface area contributed by atoms with Gasteiger partial charge in [0.05, 0.1) is 0 Å². The van der Waals surface area contributed by atoms with Crippen molar-refractivity contribution >= 4 is 34.0 Å². The summed E-state index contributed by atoms with van der Waals surface area (Å²) in [5, 5.41) is 3.71. The number of rotatable bonds is 3. The first-order chi connectivity index (χ1) is 14.6. The van der Waals surface area contributed by atoms with E-state index >= 15 is 0 Å². The smallest absolute Gasteiger partial charge is 0.149 e. The molecule has 0 radical (unpaired) electrons. The Kier molecular flexibility index (Phi) is 6.59. The van der Waals surface area contributed by atoms with Gasteiger partial charge in [-0.3, -0.25) is 0 Å². The number of halogens is 1. The van der Waals surface area contributed by atoms with E-state index in [-0.39, 0.29) is 16.2 Å². The van der Waals surface area contributed by atoms with E-state index in [9.17, 15) is 0 Å². The van der Waals surface area contributed by atoms with Gasteiger partial charge in [-0.25, -0.2) is 0 Å². The SMILES string of the molecule is CC(C)(C)c1ccc([Si](Cl)(c2ccc(C(C)(C)C)cc2)c2ccc(C(C)(C)C)cc2)cc1. The van der Waals surface area contributed by atoms with Crippen molar-refractivity contribution in [1.29, 1.82) is 0 Å². The molecule has 2 heteroatoms. The lowest BCUT2D eigenvalue weighted by molar-refractivity contribution is 0.590. The molecule has 32 heavy (non-hydrogen) atoms. The average Bonchev–Trinajstić information content (AvgIpc) is 2.71. The molecule has 0 aliphatic heterocycles. The highest BCUT2D eigenvalue weighted by Crippen LogP contribution is 2.25. The van der Waals surface area contributed by atoms with Gasteiger partial charge in [0.2, 0.25) is 7.38 Å². The van der Waals surface area contributed by atoms with Crippen LogP contribution in [-0.2, 0) is 16.2 Å². The number of hydrogen-bond acceptors (Lipinski definition) is 0. The second kappa shape index (κ2) is 8.50. The number of hydrogen-bond donors (Lipinski definition) is 0. The Morgan fingerprint density at radius 1 is 0.406 bits per heavy atom. The van der Waals surface area contributed by atoms with Gasteiger partial charge >= 0.3 is 0 Å². The van der Waals surface area contributed by atoms with Crippen LogP contribution in [0.4, 0.5) is 0 Å². The first-order valence-corrected chi connectivity index (χ1v) is 14.7. The Hall–Kier alpha value is -1.83. The zero-order valence-electron chi connectivity index (χ0n) is 21.3. The molecule has 0 saturated carbocycles. The van der Waals surface area contributed by atoms with Gasteiger partial charge in [0, 0.05) is 0 Å². The fraction of sp³-hybridized carbons (Fsp3) is 0.400. The molecule has 3 aromatic rings. The van der Waals surface area contributed by atoms with Crippen LogP contribution in [0.1, 0.15) is 79.0 Å². The van der Waals surface area contributed by atoms with Gasteiger partial charge < -0.3 is 0 Å². The molecule has 0 amide bonds. The summed E-state index contributed by atoms with van der Waals surface area (Å²) < 4.78 is 0. The maximum Gasteiger partial charge on any atom is 0.247 e. The highest BCUT2D eigenvalue weighted by atomic mass is 35.6. The summed E-state index contributed by atoms with van der Waals surface area (Å²) in [7, 11) is -2.65. The van der Waals surface area contributed by atoms with E-state index in [1.165, 1.54) is 32.3 Å². The molecule has 0 N–H and O–H groups in total. The van der Waals surface area contributed by atoms with Crippen LogP contribution in [-0.4, -0.2) is 7.38 Å². The van der Waals surface area contributed by atoms with E-state index < -0.39 is 7.38 Å². The van der Waals surface area contributed by atoms with E-state index in [4.69, 9.17) is 11.1 Å². The summed E-state index contributed by atoms with van der Waals surface area (Å²) in [5.74, 6) is 0. The Morgan fingerprint density at radius 3 is 0.750 bits per heavy atom. The van der Waals surface area contributed by atoms with Crippen molar-refractivity contribution in [3.63, 3.8) is 0 Å². The van der Waals surface area contributed by atoms with Crippen molar-refractivity contribution < 1.29 is 0 Å². The van der Waals surface area contributed by atoms with Gasteiger partial charge in [-0.05, 0) is 48.5 Å². The summed E-state index contributed by atoms with van der Waals surface area (Å²) in [6.45, 7) is 20.3. The van der Waals surface area contributed by atoms with Crippen molar-refractivity contribution in [2.75, 3.05) is 0 Å². The van der Waals surface area contributed by atoms with Crippen molar-refractivity contribution in [1.82, 2.24) is 0 Å². The second-order valence-electron chi connectivity index (χ2n) is 12.1. The Balaban J connectivity index is 2.17. The summed E-state index contributed by atoms with van der Waals surface area (Å²) in [5.41, 5.74) is 4.37. The molecule has 0 atom stereocenters. The molecule has 0 unspecified atom stereocenters. The molecule has 0 aliphatic rings. The van der Waals surface area contributed by atoms with Crippen LogP contribution < -0.4 is 15.6 Å². The molecule has 3 aromatic carbocycles. The Labute approximate surface area is 201 Å². The first-order valence-electron chi connectivity index (χ1n) is 11.7. The van der Waals surface area contributed by atoms with E-state index in [1.54, 1.807) is 0 Å². The molecule has 0 aliphatic carbocycles. The first kappa shape index (κ1) is 24.8. The van der Waals surface area contributed by atoms with Gasteiger partial charge in [0.25, 0.3) is 0 Å². The van der Waals surface area contributed by atoms with E-state index in [1.807, 2.05) is 0 Å². The van der Waals surface area contributed by atoms with Crippen molar-refractivity contribution in [3.05, 3.63) is 89.5 Å². The fourth-order valence-corrected chi connectivity index (χ4v) is 8.11. The summed E-state index contributed by atoms with van der Waals surface area (Å²) in [4.78, 5) is 0. The maximum absolute atomic E-state index is 7.75. The topological polar surface area (TPSA) is 0 Å². The molecule has 0 aromatic heterocycles. The van der Waals surface area contributed by atoms with Gasteiger partial charge in [0.1, 0.15) is 0 Å². The van der Waals surface area contributed by atoms with Gasteiger partial charge in [-0.2, -0.15) is 0 Å². The zero-order valence-corrected chi connectivity index (χ0v) is 23.1. The molecule has 170 valence electrons. The minimum Gasteiger partial charge on any atom is -0.149 e. The quantitative estimate of drug-likeness (QED) is 0.228. The molecule has 0 nitrogen and oxygen atoms in total. The third-order valence-electron chi connectivity index (χ3n) is 6.45. The van der Waals surface area contributed by atoms with Crippen molar-refractivity contribution in [2.45, 2.75) is 78.6 Å². The molecule has 0 bridgehead atoms. The Morgan fingerprint density at radius 2 is 0.594 bits per heavy atom. The molecule has 0 saturated heterocycles. The van der Waals surface area contributed by atoms with Crippen molar-refractivity contribution in [3.8, 4) is 0 Å². The lowest BCUT2D eigenvalue weighted by Gasteiger charge is -2.29. The minimum absolute atomic E-state index is 0.123. The summed E-state index contributed by atoms with van der Waals surface area (Å²) in [6.07, 6.45) is 0. The van der Waals surface area contributed by atoms with Crippen LogP contribution in [0.5, 0.6) is 0 Å². The lowest BCUT2D eigenvalue weighted by Crippen LogP contribution is -2.63. The van der Waals surface area contributed by atoms with Gasteiger partial charge in [0.15, 0.2) is 0 Å². The average molecular weight is 463 g/mol. The van der Waals surface area contributed by atoms with E-state index in [2.05, 4.69) is 135 Å². The predicted molar refractivity (Wildman–Crippen MR) is 146 cm³/mol. The van der Waals surface area contributed by atoms with Crippen LogP contribution in [0.15, 0.2) is 72.8 Å². The lowest BCUT2D eigenvalue weighted by atomic mass is 9.87. The van der Waals surface area contributed by atoms with E-state index in [0.29, 0.717) is 0 Å². The Bertz CT molecular complexity index is 899. The number of benzene rings is 3. The third kappa shape index (κ3) is 5.05. The molecular weight excluding hydrogens is 424 g/mol. The highest BCUT2D eigenvalue weighted by Gasteiger charge is 2.38. The second-order valence-corrected chi connectivity index (χ2v) is 16.9. The third-order valence-corrected chi connectivity index (χ3v) is 11.8. The molecule has 0 spiro atoms. The zero-order chi connectivity index (χ0) is 23.9. The van der Waals surface area contributed by atoms with Crippen LogP contribution in [0.2, 0.25) is 0 Å². The molecule has 3 rings (SSSR count). The summed E-state index contributed by atoms with van der Waals surface area (Å²) >= 11 is 7.75. The van der Waals surface area contributed by atoms with Crippen LogP contribution >= 0.6 is 11.1 Å². The maximum atomic E-state index is 7.75. The monoisotopic (exact) mass is 462 g/mol. The van der Waals surface area contributed by atoms with Crippen LogP contribution in [0, 0.1) is 0 Å². The molecule has 0 fully saturated rings. The molecule has 0 heterocycles. The van der Waals surface area contributed by atoms with Gasteiger partial charge in [-0.15, -0.1) is 11.1 Å². The largest absolute Gasteiger partial charge is 0.247 e. The molecular formula is C30H39ClSi. The standard InChI is InChI=1S/C30H39ClSi/c1-28(2,3)22-10-16-25(17-11-22)32(31,26-18-12-23(13-19-26)29(4,5)6)27-20-14-24(15-21-27)30(7,8)9/h10-21H,1-9H3. The van der Waals surface area contributed by atoms with Crippen LogP contribution in [0.3, 0.4) is 0 Å². The van der Waals surface area contributed by atoms with Crippen molar-refractivity contribution in [2.24, 2.45) is 0 Å². The predicted octanol–water partition coefficient (Wildman–Crippen LogP) is 6.78. The summed E-state index contributed by atoms with van der Waals surface area (Å²) in [6, 6.07) is 27.1. The minimum atomic E-state index is -2.65. The van der Waals surface area contributed by atoms with Gasteiger partial charge in [-0.1, -0.05) is 135 Å². The fourth-order valence-electron chi connectivity index (χ4n) is 4.10. The normalized spacial score (nSPS) is 13.3. The highest BCUT2D eigenvalue weighted by molar-refractivity contribution is 7.40.